The minimum atomic E-state index is -1.78. The summed E-state index contributed by atoms with van der Waals surface area (Å²) in [5.74, 6) is -0.298. The molecule has 0 spiro atoms. The number of allylic oxidation sites excluding steroid dienone is 1. The zero-order valence-corrected chi connectivity index (χ0v) is 18.4. The van der Waals surface area contributed by atoms with E-state index in [1.54, 1.807) is 23.0 Å². The fourth-order valence-electron chi connectivity index (χ4n) is 5.54. The number of thiophene rings is 1. The Kier molecular flexibility index (Phi) is 4.23. The summed E-state index contributed by atoms with van der Waals surface area (Å²) in [7, 11) is 0. The van der Waals surface area contributed by atoms with Gasteiger partial charge in [0, 0.05) is 15.7 Å². The standard InChI is InChI=1S/C26H22F2N2OS/c1-25-13-16-14-29-30(19-8-6-18(27)7-9-19)22(16)12-17(25)10-11-26(25,28)24(31)21-15-32-23-5-3-2-4-20(21)23/h2-9,12,14-15,24,31H,10-11,13H2,1H3/t24?,25-,26-/m0/s1. The van der Waals surface area contributed by atoms with Crippen molar-refractivity contribution in [3.8, 4) is 5.69 Å². The Balaban J connectivity index is 1.41. The van der Waals surface area contributed by atoms with Gasteiger partial charge in [-0.3, -0.25) is 0 Å². The van der Waals surface area contributed by atoms with E-state index in [-0.39, 0.29) is 12.2 Å². The third-order valence-corrected chi connectivity index (χ3v) is 8.42. The fourth-order valence-corrected chi connectivity index (χ4v) is 6.52. The topological polar surface area (TPSA) is 38.0 Å². The molecule has 1 unspecified atom stereocenters. The molecule has 2 aromatic carbocycles. The molecule has 0 saturated heterocycles. The van der Waals surface area contributed by atoms with Crippen molar-refractivity contribution in [1.82, 2.24) is 9.78 Å². The Hall–Kier alpha value is -2.83. The molecule has 0 bridgehead atoms. The van der Waals surface area contributed by atoms with Crippen LogP contribution in [-0.2, 0) is 6.42 Å². The molecule has 0 aliphatic heterocycles. The number of aliphatic hydroxyl groups excluding tert-OH is 1. The number of benzene rings is 2. The molecule has 2 aromatic heterocycles. The minimum Gasteiger partial charge on any atom is -0.385 e. The Bertz CT molecular complexity index is 1370. The highest BCUT2D eigenvalue weighted by atomic mass is 32.1. The van der Waals surface area contributed by atoms with Crippen molar-refractivity contribution in [3.05, 3.63) is 88.3 Å². The Morgan fingerprint density at radius 1 is 1.16 bits per heavy atom. The number of hydrogen-bond donors (Lipinski definition) is 1. The zero-order valence-electron chi connectivity index (χ0n) is 17.6. The summed E-state index contributed by atoms with van der Waals surface area (Å²) in [6.07, 6.45) is 3.90. The molecule has 3 nitrogen and oxygen atoms in total. The fraction of sp³-hybridized carbons (Fsp3) is 0.269. The van der Waals surface area contributed by atoms with Crippen molar-refractivity contribution < 1.29 is 13.9 Å². The highest BCUT2D eigenvalue weighted by Gasteiger charge is 2.61. The summed E-state index contributed by atoms with van der Waals surface area (Å²) in [5, 5.41) is 18.7. The van der Waals surface area contributed by atoms with E-state index >= 15 is 4.39 Å². The lowest BCUT2D eigenvalue weighted by Crippen LogP contribution is -2.46. The van der Waals surface area contributed by atoms with Crippen LogP contribution in [0.4, 0.5) is 8.78 Å². The van der Waals surface area contributed by atoms with Crippen LogP contribution in [0, 0.1) is 11.2 Å². The van der Waals surface area contributed by atoms with Crippen LogP contribution in [0.1, 0.15) is 42.7 Å². The number of aliphatic hydroxyl groups is 1. The number of aromatic nitrogens is 2. The Morgan fingerprint density at radius 2 is 1.94 bits per heavy atom. The van der Waals surface area contributed by atoms with Gasteiger partial charge in [-0.2, -0.15) is 5.10 Å². The molecule has 2 aliphatic rings. The molecule has 1 saturated carbocycles. The van der Waals surface area contributed by atoms with Gasteiger partial charge in [-0.1, -0.05) is 30.7 Å². The van der Waals surface area contributed by atoms with E-state index in [4.69, 9.17) is 0 Å². The molecule has 32 heavy (non-hydrogen) atoms. The van der Waals surface area contributed by atoms with E-state index in [0.717, 1.165) is 32.6 Å². The van der Waals surface area contributed by atoms with Gasteiger partial charge in [0.2, 0.25) is 0 Å². The largest absolute Gasteiger partial charge is 0.385 e. The lowest BCUT2D eigenvalue weighted by molar-refractivity contribution is -0.0686. The highest BCUT2D eigenvalue weighted by Crippen LogP contribution is 2.61. The third-order valence-electron chi connectivity index (χ3n) is 7.44. The lowest BCUT2D eigenvalue weighted by atomic mass is 9.65. The Morgan fingerprint density at radius 3 is 2.75 bits per heavy atom. The van der Waals surface area contributed by atoms with Crippen molar-refractivity contribution >= 4 is 27.5 Å². The number of halogens is 2. The average molecular weight is 449 g/mol. The van der Waals surface area contributed by atoms with E-state index in [9.17, 15) is 9.50 Å². The zero-order chi connectivity index (χ0) is 22.1. The van der Waals surface area contributed by atoms with E-state index < -0.39 is 17.2 Å². The minimum absolute atomic E-state index is 0.273. The van der Waals surface area contributed by atoms with Crippen molar-refractivity contribution in [2.45, 2.75) is 38.0 Å². The smallest absolute Gasteiger partial charge is 0.150 e. The lowest BCUT2D eigenvalue weighted by Gasteiger charge is -2.43. The first kappa shape index (κ1) is 19.8. The molecule has 1 N–H and O–H groups in total. The van der Waals surface area contributed by atoms with Gasteiger partial charge < -0.3 is 5.11 Å². The van der Waals surface area contributed by atoms with Crippen LogP contribution in [0.5, 0.6) is 0 Å². The van der Waals surface area contributed by atoms with Crippen LogP contribution in [0.15, 0.2) is 65.7 Å². The first-order valence-corrected chi connectivity index (χ1v) is 11.7. The predicted molar refractivity (Wildman–Crippen MR) is 123 cm³/mol. The van der Waals surface area contributed by atoms with Gasteiger partial charge in [-0.15, -0.1) is 11.3 Å². The molecule has 2 heterocycles. The van der Waals surface area contributed by atoms with Crippen molar-refractivity contribution in [2.75, 3.05) is 0 Å². The van der Waals surface area contributed by atoms with Crippen molar-refractivity contribution in [2.24, 2.45) is 5.41 Å². The van der Waals surface area contributed by atoms with E-state index in [0.29, 0.717) is 18.4 Å². The van der Waals surface area contributed by atoms with E-state index in [1.807, 2.05) is 42.6 Å². The molecule has 3 atom stereocenters. The summed E-state index contributed by atoms with van der Waals surface area (Å²) < 4.78 is 33.0. The second-order valence-corrected chi connectivity index (χ2v) is 9.99. The van der Waals surface area contributed by atoms with Crippen LogP contribution >= 0.6 is 11.3 Å². The molecule has 0 radical (unpaired) electrons. The molecule has 6 rings (SSSR count). The van der Waals surface area contributed by atoms with Crippen LogP contribution in [0.25, 0.3) is 21.8 Å². The molecule has 2 aliphatic carbocycles. The number of nitrogens with zero attached hydrogens (tertiary/aromatic N) is 2. The quantitative estimate of drug-likeness (QED) is 0.393. The van der Waals surface area contributed by atoms with Gasteiger partial charge in [0.15, 0.2) is 5.67 Å². The van der Waals surface area contributed by atoms with Crippen LogP contribution < -0.4 is 0 Å². The number of fused-ring (bicyclic) bond motifs is 3. The molecule has 4 aromatic rings. The first-order valence-electron chi connectivity index (χ1n) is 10.8. The maximum Gasteiger partial charge on any atom is 0.150 e. The molecule has 1 fully saturated rings. The number of hydrogen-bond acceptors (Lipinski definition) is 3. The Labute approximate surface area is 188 Å². The number of rotatable bonds is 3. The normalized spacial score (nSPS) is 25.4. The summed E-state index contributed by atoms with van der Waals surface area (Å²) >= 11 is 1.54. The highest BCUT2D eigenvalue weighted by molar-refractivity contribution is 7.17. The van der Waals surface area contributed by atoms with Crippen molar-refractivity contribution in [3.63, 3.8) is 0 Å². The van der Waals surface area contributed by atoms with Crippen LogP contribution in [0.2, 0.25) is 0 Å². The van der Waals surface area contributed by atoms with Gasteiger partial charge in [0.1, 0.15) is 11.9 Å². The van der Waals surface area contributed by atoms with Crippen LogP contribution in [-0.4, -0.2) is 20.6 Å². The second-order valence-electron chi connectivity index (χ2n) is 9.07. The molecule has 6 heteroatoms. The maximum atomic E-state index is 16.8. The maximum absolute atomic E-state index is 16.8. The summed E-state index contributed by atoms with van der Waals surface area (Å²) in [6, 6.07) is 14.0. The van der Waals surface area contributed by atoms with Gasteiger partial charge >= 0.3 is 0 Å². The second kappa shape index (κ2) is 6.83. The average Bonchev–Trinajstić information content (AvgIpc) is 3.47. The third kappa shape index (κ3) is 2.63. The van der Waals surface area contributed by atoms with Gasteiger partial charge in [-0.05, 0) is 72.0 Å². The van der Waals surface area contributed by atoms with Gasteiger partial charge in [0.05, 0.1) is 17.6 Å². The summed E-state index contributed by atoms with van der Waals surface area (Å²) in [4.78, 5) is 0. The molecular weight excluding hydrogens is 426 g/mol. The predicted octanol–water partition coefficient (Wildman–Crippen LogP) is 6.41. The first-order chi connectivity index (χ1) is 15.4. The molecule has 0 amide bonds. The van der Waals surface area contributed by atoms with Gasteiger partial charge in [0.25, 0.3) is 0 Å². The summed E-state index contributed by atoms with van der Waals surface area (Å²) in [6.45, 7) is 1.93. The van der Waals surface area contributed by atoms with Crippen molar-refractivity contribution in [1.29, 1.82) is 0 Å². The monoisotopic (exact) mass is 448 g/mol. The SMILES string of the molecule is C[C@]12Cc3cnn(-c4ccc(F)cc4)c3C=C1CC[C@]2(F)C(O)c1csc2ccccc12. The van der Waals surface area contributed by atoms with Gasteiger partial charge in [-0.25, -0.2) is 13.5 Å². The van der Waals surface area contributed by atoms with E-state index in [1.165, 1.54) is 23.5 Å². The molecule has 162 valence electrons. The van der Waals surface area contributed by atoms with Crippen LogP contribution in [0.3, 0.4) is 0 Å². The van der Waals surface area contributed by atoms with E-state index in [2.05, 4.69) is 5.10 Å². The summed E-state index contributed by atoms with van der Waals surface area (Å²) in [5.41, 5.74) is 1.67. The number of alkyl halides is 1. The molecular formula is C26H22F2N2OS.